The van der Waals surface area contributed by atoms with E-state index in [-0.39, 0.29) is 12.6 Å². The lowest BCUT2D eigenvalue weighted by atomic mass is 10.0. The summed E-state index contributed by atoms with van der Waals surface area (Å²) < 4.78 is 0. The van der Waals surface area contributed by atoms with Gasteiger partial charge < -0.3 is 10.4 Å². The Bertz CT molecular complexity index is 290. The lowest BCUT2D eigenvalue weighted by Crippen LogP contribution is -2.34. The molecule has 1 rings (SSSR count). The maximum Gasteiger partial charge on any atom is 0.0584 e. The molecule has 2 atom stereocenters. The SMILES string of the molecule is CCC(N[C@@H](CC)CO)c1ccc(C)cc1. The molecule has 0 heterocycles. The van der Waals surface area contributed by atoms with E-state index in [0.717, 1.165) is 12.8 Å². The van der Waals surface area contributed by atoms with Crippen LogP contribution in [0.5, 0.6) is 0 Å². The average molecular weight is 221 g/mol. The first-order chi connectivity index (χ1) is 7.71. The van der Waals surface area contributed by atoms with Crippen molar-refractivity contribution in [3.05, 3.63) is 35.4 Å². The molecular formula is C14H23NO. The van der Waals surface area contributed by atoms with Crippen LogP contribution in [0.15, 0.2) is 24.3 Å². The van der Waals surface area contributed by atoms with E-state index in [2.05, 4.69) is 50.4 Å². The van der Waals surface area contributed by atoms with Gasteiger partial charge in [0.15, 0.2) is 0 Å². The quantitative estimate of drug-likeness (QED) is 0.774. The second-order valence-corrected chi connectivity index (χ2v) is 4.33. The number of aliphatic hydroxyl groups is 1. The summed E-state index contributed by atoms with van der Waals surface area (Å²) in [6, 6.07) is 9.16. The number of rotatable bonds is 6. The summed E-state index contributed by atoms with van der Waals surface area (Å²) in [6.45, 7) is 6.57. The first-order valence-electron chi connectivity index (χ1n) is 6.14. The Morgan fingerprint density at radius 3 is 2.19 bits per heavy atom. The molecule has 0 aromatic heterocycles. The lowest BCUT2D eigenvalue weighted by molar-refractivity contribution is 0.226. The monoisotopic (exact) mass is 221 g/mol. The lowest BCUT2D eigenvalue weighted by Gasteiger charge is -2.23. The fourth-order valence-corrected chi connectivity index (χ4v) is 1.83. The molecule has 0 radical (unpaired) electrons. The van der Waals surface area contributed by atoms with Gasteiger partial charge in [0.25, 0.3) is 0 Å². The van der Waals surface area contributed by atoms with Crippen LogP contribution in [0.3, 0.4) is 0 Å². The molecule has 0 aliphatic rings. The summed E-state index contributed by atoms with van der Waals surface area (Å²) in [4.78, 5) is 0. The Balaban J connectivity index is 2.70. The van der Waals surface area contributed by atoms with Crippen LogP contribution in [0.2, 0.25) is 0 Å². The molecule has 0 saturated carbocycles. The zero-order valence-electron chi connectivity index (χ0n) is 10.5. The summed E-state index contributed by atoms with van der Waals surface area (Å²) in [5.41, 5.74) is 2.59. The molecule has 0 saturated heterocycles. The molecule has 1 aromatic rings. The number of aryl methyl sites for hydroxylation is 1. The van der Waals surface area contributed by atoms with Gasteiger partial charge in [-0.05, 0) is 25.3 Å². The zero-order chi connectivity index (χ0) is 12.0. The van der Waals surface area contributed by atoms with Crippen molar-refractivity contribution >= 4 is 0 Å². The molecule has 0 fully saturated rings. The highest BCUT2D eigenvalue weighted by molar-refractivity contribution is 5.24. The minimum Gasteiger partial charge on any atom is -0.395 e. The number of hydrogen-bond donors (Lipinski definition) is 2. The maximum absolute atomic E-state index is 9.20. The highest BCUT2D eigenvalue weighted by Crippen LogP contribution is 2.18. The van der Waals surface area contributed by atoms with Gasteiger partial charge in [-0.15, -0.1) is 0 Å². The molecule has 0 amide bonds. The predicted octanol–water partition coefficient (Wildman–Crippen LogP) is 2.81. The minimum absolute atomic E-state index is 0.200. The Hall–Kier alpha value is -0.860. The van der Waals surface area contributed by atoms with E-state index in [1.807, 2.05) is 0 Å². The number of benzene rings is 1. The van der Waals surface area contributed by atoms with Gasteiger partial charge in [0.05, 0.1) is 6.61 Å². The van der Waals surface area contributed by atoms with Gasteiger partial charge in [-0.3, -0.25) is 0 Å². The second kappa shape index (κ2) is 6.66. The van der Waals surface area contributed by atoms with Crippen molar-refractivity contribution in [1.29, 1.82) is 0 Å². The van der Waals surface area contributed by atoms with E-state index in [1.165, 1.54) is 11.1 Å². The van der Waals surface area contributed by atoms with Gasteiger partial charge in [-0.1, -0.05) is 43.7 Å². The van der Waals surface area contributed by atoms with Gasteiger partial charge in [0, 0.05) is 12.1 Å². The predicted molar refractivity (Wildman–Crippen MR) is 68.5 cm³/mol. The summed E-state index contributed by atoms with van der Waals surface area (Å²) in [7, 11) is 0. The van der Waals surface area contributed by atoms with E-state index in [1.54, 1.807) is 0 Å². The molecule has 0 bridgehead atoms. The van der Waals surface area contributed by atoms with Crippen molar-refractivity contribution in [1.82, 2.24) is 5.32 Å². The second-order valence-electron chi connectivity index (χ2n) is 4.33. The molecule has 0 spiro atoms. The third-order valence-electron chi connectivity index (χ3n) is 3.04. The molecule has 2 N–H and O–H groups in total. The van der Waals surface area contributed by atoms with Crippen molar-refractivity contribution in [2.24, 2.45) is 0 Å². The van der Waals surface area contributed by atoms with Crippen LogP contribution in [-0.2, 0) is 0 Å². The van der Waals surface area contributed by atoms with Gasteiger partial charge in [-0.2, -0.15) is 0 Å². The van der Waals surface area contributed by atoms with Crippen molar-refractivity contribution < 1.29 is 5.11 Å². The van der Waals surface area contributed by atoms with E-state index in [4.69, 9.17) is 0 Å². The van der Waals surface area contributed by atoms with E-state index >= 15 is 0 Å². The third-order valence-corrected chi connectivity index (χ3v) is 3.04. The van der Waals surface area contributed by atoms with Gasteiger partial charge in [0.1, 0.15) is 0 Å². The average Bonchev–Trinajstić information content (AvgIpc) is 2.32. The Morgan fingerprint density at radius 2 is 1.75 bits per heavy atom. The molecular weight excluding hydrogens is 198 g/mol. The Kier molecular flexibility index (Phi) is 5.50. The third kappa shape index (κ3) is 3.62. The molecule has 2 heteroatoms. The summed E-state index contributed by atoms with van der Waals surface area (Å²) in [6.07, 6.45) is 2.00. The molecule has 1 aromatic carbocycles. The van der Waals surface area contributed by atoms with Crippen molar-refractivity contribution in [2.75, 3.05) is 6.61 Å². The fraction of sp³-hybridized carbons (Fsp3) is 0.571. The van der Waals surface area contributed by atoms with Gasteiger partial charge >= 0.3 is 0 Å². The topological polar surface area (TPSA) is 32.3 Å². The maximum atomic E-state index is 9.20. The highest BCUT2D eigenvalue weighted by Gasteiger charge is 2.13. The fourth-order valence-electron chi connectivity index (χ4n) is 1.83. The minimum atomic E-state index is 0.200. The first-order valence-corrected chi connectivity index (χ1v) is 6.14. The molecule has 90 valence electrons. The van der Waals surface area contributed by atoms with Gasteiger partial charge in [-0.25, -0.2) is 0 Å². The largest absolute Gasteiger partial charge is 0.395 e. The molecule has 16 heavy (non-hydrogen) atoms. The van der Waals surface area contributed by atoms with E-state index < -0.39 is 0 Å². The number of hydrogen-bond acceptors (Lipinski definition) is 2. The van der Waals surface area contributed by atoms with Crippen LogP contribution in [0.25, 0.3) is 0 Å². The molecule has 0 aliphatic carbocycles. The highest BCUT2D eigenvalue weighted by atomic mass is 16.3. The van der Waals surface area contributed by atoms with E-state index in [0.29, 0.717) is 6.04 Å². The van der Waals surface area contributed by atoms with Crippen LogP contribution in [0.4, 0.5) is 0 Å². The number of aliphatic hydroxyl groups excluding tert-OH is 1. The van der Waals surface area contributed by atoms with E-state index in [9.17, 15) is 5.11 Å². The molecule has 0 aliphatic heterocycles. The van der Waals surface area contributed by atoms with Crippen LogP contribution in [-0.4, -0.2) is 17.8 Å². The van der Waals surface area contributed by atoms with Crippen LogP contribution < -0.4 is 5.32 Å². The Labute approximate surface area is 98.7 Å². The summed E-state index contributed by atoms with van der Waals surface area (Å²) in [5.74, 6) is 0. The summed E-state index contributed by atoms with van der Waals surface area (Å²) >= 11 is 0. The normalized spacial score (nSPS) is 14.8. The van der Waals surface area contributed by atoms with Crippen molar-refractivity contribution in [2.45, 2.75) is 45.7 Å². The van der Waals surface area contributed by atoms with Crippen molar-refractivity contribution in [3.63, 3.8) is 0 Å². The van der Waals surface area contributed by atoms with Crippen LogP contribution in [0, 0.1) is 6.92 Å². The summed E-state index contributed by atoms with van der Waals surface area (Å²) in [5, 5.41) is 12.7. The Morgan fingerprint density at radius 1 is 1.12 bits per heavy atom. The van der Waals surface area contributed by atoms with Crippen LogP contribution in [0.1, 0.15) is 43.9 Å². The molecule has 1 unspecified atom stereocenters. The van der Waals surface area contributed by atoms with Gasteiger partial charge in [0.2, 0.25) is 0 Å². The smallest absolute Gasteiger partial charge is 0.0584 e. The standard InChI is InChI=1S/C14H23NO/c1-4-13(10-16)15-14(5-2)12-8-6-11(3)7-9-12/h6-9,13-16H,4-5,10H2,1-3H3/t13-,14?/m0/s1. The first kappa shape index (κ1) is 13.2. The van der Waals surface area contributed by atoms with Crippen molar-refractivity contribution in [3.8, 4) is 0 Å². The zero-order valence-corrected chi connectivity index (χ0v) is 10.5. The van der Waals surface area contributed by atoms with Crippen LogP contribution >= 0.6 is 0 Å². The number of nitrogens with one attached hydrogen (secondary N) is 1. The molecule has 2 nitrogen and oxygen atoms in total.